The van der Waals surface area contributed by atoms with Gasteiger partial charge in [0.1, 0.15) is 30.4 Å². The number of anilines is 2. The van der Waals surface area contributed by atoms with E-state index in [-0.39, 0.29) is 11.3 Å². The number of imide groups is 1. The molecule has 0 bridgehead atoms. The lowest BCUT2D eigenvalue weighted by Crippen LogP contribution is -2.32. The van der Waals surface area contributed by atoms with Crippen molar-refractivity contribution in [1.29, 1.82) is 0 Å². The van der Waals surface area contributed by atoms with Crippen LogP contribution in [0.15, 0.2) is 72.4 Å². The molecule has 0 aliphatic carbocycles. The van der Waals surface area contributed by atoms with Gasteiger partial charge in [-0.3, -0.25) is 9.59 Å². The van der Waals surface area contributed by atoms with Gasteiger partial charge in [-0.05, 0) is 29.8 Å². The quantitative estimate of drug-likeness (QED) is 0.561. The highest BCUT2D eigenvalue weighted by molar-refractivity contribution is 6.46. The normalized spacial score (nSPS) is 14.9. The number of fused-ring (bicyclic) bond motifs is 1. The summed E-state index contributed by atoms with van der Waals surface area (Å²) in [7, 11) is 3.00. The summed E-state index contributed by atoms with van der Waals surface area (Å²) in [5.41, 5.74) is 1.91. The van der Waals surface area contributed by atoms with Crippen LogP contribution in [0.25, 0.3) is 5.57 Å². The van der Waals surface area contributed by atoms with Gasteiger partial charge in [0.25, 0.3) is 11.8 Å². The Hall–Kier alpha value is -4.46. The number of carbonyl (C=O) groups excluding carboxylic acids is 2. The zero-order chi connectivity index (χ0) is 23.7. The lowest BCUT2D eigenvalue weighted by Gasteiger charge is -2.20. The minimum absolute atomic E-state index is 0.151. The van der Waals surface area contributed by atoms with E-state index in [1.807, 2.05) is 18.2 Å². The number of hydrogen-bond acceptors (Lipinski definition) is 7. The second kappa shape index (κ2) is 8.82. The summed E-state index contributed by atoms with van der Waals surface area (Å²) >= 11 is 0. The minimum Gasteiger partial charge on any atom is -0.497 e. The molecule has 2 aliphatic heterocycles. The molecule has 3 aromatic carbocycles. The van der Waals surface area contributed by atoms with E-state index in [9.17, 15) is 9.59 Å². The van der Waals surface area contributed by atoms with Gasteiger partial charge < -0.3 is 24.3 Å². The topological polar surface area (TPSA) is 86.3 Å². The van der Waals surface area contributed by atoms with Crippen LogP contribution in [0, 0.1) is 0 Å². The van der Waals surface area contributed by atoms with Crippen molar-refractivity contribution in [3.63, 3.8) is 0 Å². The zero-order valence-electron chi connectivity index (χ0n) is 18.7. The van der Waals surface area contributed by atoms with Gasteiger partial charge >= 0.3 is 0 Å². The molecule has 0 unspecified atom stereocenters. The molecule has 8 nitrogen and oxygen atoms in total. The minimum atomic E-state index is -0.509. The first-order chi connectivity index (χ1) is 16.6. The van der Waals surface area contributed by atoms with E-state index in [1.54, 1.807) is 48.5 Å². The van der Waals surface area contributed by atoms with E-state index in [4.69, 9.17) is 18.9 Å². The zero-order valence-corrected chi connectivity index (χ0v) is 18.7. The summed E-state index contributed by atoms with van der Waals surface area (Å²) in [6.07, 6.45) is 0. The van der Waals surface area contributed by atoms with Crippen molar-refractivity contribution in [2.45, 2.75) is 0 Å². The van der Waals surface area contributed by atoms with E-state index < -0.39 is 11.8 Å². The third-order valence-corrected chi connectivity index (χ3v) is 5.58. The van der Waals surface area contributed by atoms with Crippen LogP contribution in [-0.4, -0.2) is 39.2 Å². The van der Waals surface area contributed by atoms with Gasteiger partial charge in [0.05, 0.1) is 25.5 Å². The molecule has 2 aliphatic rings. The smallest absolute Gasteiger partial charge is 0.282 e. The van der Waals surface area contributed by atoms with E-state index in [2.05, 4.69) is 5.32 Å². The van der Waals surface area contributed by atoms with E-state index in [0.29, 0.717) is 53.2 Å². The van der Waals surface area contributed by atoms with Crippen LogP contribution in [0.2, 0.25) is 0 Å². The Labute approximate surface area is 196 Å². The summed E-state index contributed by atoms with van der Waals surface area (Å²) in [4.78, 5) is 28.5. The number of rotatable bonds is 6. The third kappa shape index (κ3) is 3.69. The molecule has 0 atom stereocenters. The van der Waals surface area contributed by atoms with Crippen LogP contribution < -0.4 is 29.2 Å². The maximum absolute atomic E-state index is 13.7. The number of amides is 2. The van der Waals surface area contributed by atoms with Gasteiger partial charge in [0.15, 0.2) is 11.5 Å². The Morgan fingerprint density at radius 2 is 1.59 bits per heavy atom. The number of nitrogens with one attached hydrogen (secondary N) is 1. The molecular weight excluding hydrogens is 436 g/mol. The summed E-state index contributed by atoms with van der Waals surface area (Å²) < 4.78 is 22.0. The lowest BCUT2D eigenvalue weighted by molar-refractivity contribution is -0.120. The first kappa shape index (κ1) is 21.4. The van der Waals surface area contributed by atoms with Gasteiger partial charge in [0, 0.05) is 17.8 Å². The number of benzene rings is 3. The highest BCUT2D eigenvalue weighted by Gasteiger charge is 2.41. The number of nitrogens with zero attached hydrogens (tertiary/aromatic N) is 1. The van der Waals surface area contributed by atoms with Gasteiger partial charge in [-0.2, -0.15) is 0 Å². The van der Waals surface area contributed by atoms with Gasteiger partial charge in [-0.25, -0.2) is 4.90 Å². The van der Waals surface area contributed by atoms with Crippen LogP contribution in [-0.2, 0) is 9.59 Å². The van der Waals surface area contributed by atoms with Crippen LogP contribution in [0.4, 0.5) is 11.4 Å². The maximum atomic E-state index is 13.7. The average Bonchev–Trinajstić information content (AvgIpc) is 3.12. The molecule has 0 fully saturated rings. The lowest BCUT2D eigenvalue weighted by atomic mass is 10.0. The highest BCUT2D eigenvalue weighted by atomic mass is 16.6. The first-order valence-corrected chi connectivity index (χ1v) is 10.7. The number of hydrogen-bond donors (Lipinski definition) is 1. The van der Waals surface area contributed by atoms with Crippen LogP contribution in [0.5, 0.6) is 23.0 Å². The Morgan fingerprint density at radius 1 is 0.824 bits per heavy atom. The molecule has 0 radical (unpaired) electrons. The molecule has 5 rings (SSSR count). The Balaban J connectivity index is 1.60. The monoisotopic (exact) mass is 458 g/mol. The number of methoxy groups -OCH3 is 2. The van der Waals surface area contributed by atoms with Crippen molar-refractivity contribution in [2.24, 2.45) is 0 Å². The third-order valence-electron chi connectivity index (χ3n) is 5.58. The van der Waals surface area contributed by atoms with Gasteiger partial charge in [-0.15, -0.1) is 0 Å². The van der Waals surface area contributed by atoms with Gasteiger partial charge in [0.2, 0.25) is 0 Å². The molecular formula is C26H22N2O6. The van der Waals surface area contributed by atoms with Crippen molar-refractivity contribution in [3.8, 4) is 23.0 Å². The van der Waals surface area contributed by atoms with Crippen molar-refractivity contribution in [3.05, 3.63) is 78.0 Å². The SMILES string of the molecule is COc1ccc(OC)c(N2C(=O)C(Nc3ccc4c(c3)OCCO4)=C(c3ccccc3)C2=O)c1. The van der Waals surface area contributed by atoms with E-state index >= 15 is 0 Å². The number of ether oxygens (including phenoxy) is 4. The fourth-order valence-electron chi connectivity index (χ4n) is 3.97. The fourth-order valence-corrected chi connectivity index (χ4v) is 3.97. The molecule has 0 saturated heterocycles. The van der Waals surface area contributed by atoms with Crippen LogP contribution in [0.3, 0.4) is 0 Å². The fraction of sp³-hybridized carbons (Fsp3) is 0.154. The molecule has 3 aromatic rings. The largest absolute Gasteiger partial charge is 0.497 e. The highest BCUT2D eigenvalue weighted by Crippen LogP contribution is 2.40. The van der Waals surface area contributed by atoms with Crippen LogP contribution >= 0.6 is 0 Å². The predicted octanol–water partition coefficient (Wildman–Crippen LogP) is 3.87. The second-order valence-electron chi connectivity index (χ2n) is 7.58. The van der Waals surface area contributed by atoms with Crippen molar-refractivity contribution >= 4 is 28.8 Å². The molecule has 0 saturated carbocycles. The molecule has 0 aromatic heterocycles. The Kier molecular flexibility index (Phi) is 5.55. The predicted molar refractivity (Wildman–Crippen MR) is 126 cm³/mol. The molecule has 2 amide bonds. The van der Waals surface area contributed by atoms with Crippen molar-refractivity contribution < 1.29 is 28.5 Å². The summed E-state index contributed by atoms with van der Waals surface area (Å²) in [5.74, 6) is 1.08. The summed E-state index contributed by atoms with van der Waals surface area (Å²) in [6.45, 7) is 0.919. The molecule has 8 heteroatoms. The summed E-state index contributed by atoms with van der Waals surface area (Å²) in [5, 5.41) is 3.15. The van der Waals surface area contributed by atoms with E-state index in [0.717, 1.165) is 4.90 Å². The Bertz CT molecular complexity index is 1300. The molecule has 2 heterocycles. The first-order valence-electron chi connectivity index (χ1n) is 10.7. The average molecular weight is 458 g/mol. The van der Waals surface area contributed by atoms with E-state index in [1.165, 1.54) is 14.2 Å². The molecule has 0 spiro atoms. The van der Waals surface area contributed by atoms with Crippen LogP contribution in [0.1, 0.15) is 5.56 Å². The molecule has 34 heavy (non-hydrogen) atoms. The standard InChI is InChI=1S/C26H22N2O6/c1-31-18-9-11-20(32-2)19(15-18)28-25(29)23(16-6-4-3-5-7-16)24(26(28)30)27-17-8-10-21-22(14-17)34-13-12-33-21/h3-11,14-15,27H,12-13H2,1-2H3. The molecule has 1 N–H and O–H groups in total. The molecule has 172 valence electrons. The maximum Gasteiger partial charge on any atom is 0.282 e. The second-order valence-corrected chi connectivity index (χ2v) is 7.58. The Morgan fingerprint density at radius 3 is 2.32 bits per heavy atom. The van der Waals surface area contributed by atoms with Crippen molar-refractivity contribution in [2.75, 3.05) is 37.7 Å². The summed E-state index contributed by atoms with van der Waals surface area (Å²) in [6, 6.07) is 19.3. The number of carbonyl (C=O) groups is 2. The van der Waals surface area contributed by atoms with Gasteiger partial charge in [-0.1, -0.05) is 30.3 Å². The van der Waals surface area contributed by atoms with Crippen molar-refractivity contribution in [1.82, 2.24) is 0 Å².